The molecule has 0 aliphatic carbocycles. The Morgan fingerprint density at radius 3 is 2.35 bits per heavy atom. The normalized spacial score (nSPS) is 17.0. The van der Waals surface area contributed by atoms with Crippen molar-refractivity contribution in [2.45, 2.75) is 48.2 Å². The number of fused-ring (bicyclic) bond motifs is 1. The number of pyridine rings is 1. The first-order valence-electron chi connectivity index (χ1n) is 13.9. The number of methoxy groups -OCH3 is 1. The second-order valence-electron chi connectivity index (χ2n) is 10.5. The van der Waals surface area contributed by atoms with Gasteiger partial charge in [0.1, 0.15) is 16.7 Å². The van der Waals surface area contributed by atoms with Crippen LogP contribution < -0.4 is 15.5 Å². The van der Waals surface area contributed by atoms with E-state index in [0.717, 1.165) is 13.1 Å². The average Bonchev–Trinajstić information content (AvgIpc) is 3.00. The van der Waals surface area contributed by atoms with Gasteiger partial charge in [0.05, 0.1) is 42.0 Å². The lowest BCUT2D eigenvalue weighted by Gasteiger charge is -2.33. The summed E-state index contributed by atoms with van der Waals surface area (Å²) in [6.45, 7) is 5.58. The number of nitrogens with one attached hydrogen (secondary N) is 2. The molecule has 14 heteroatoms. The van der Waals surface area contributed by atoms with Gasteiger partial charge in [-0.15, -0.1) is 0 Å². The van der Waals surface area contributed by atoms with Crippen LogP contribution >= 0.6 is 0 Å². The molecule has 0 radical (unpaired) electrons. The zero-order valence-corrected chi connectivity index (χ0v) is 25.4. The lowest BCUT2D eigenvalue weighted by Crippen LogP contribution is -2.47. The van der Waals surface area contributed by atoms with Gasteiger partial charge < -0.3 is 40.4 Å². The van der Waals surface area contributed by atoms with Crippen molar-refractivity contribution in [3.63, 3.8) is 0 Å². The van der Waals surface area contributed by atoms with E-state index in [4.69, 9.17) is 9.47 Å². The fourth-order valence-corrected chi connectivity index (χ4v) is 5.97. The highest BCUT2D eigenvalue weighted by atomic mass is 32.2. The van der Waals surface area contributed by atoms with Crippen LogP contribution in [0.5, 0.6) is 5.75 Å². The van der Waals surface area contributed by atoms with Gasteiger partial charge in [-0.25, -0.2) is 13.4 Å². The summed E-state index contributed by atoms with van der Waals surface area (Å²) < 4.78 is 38.5. The Labute approximate surface area is 250 Å². The average molecular weight is 618 g/mol. The summed E-state index contributed by atoms with van der Waals surface area (Å²) in [7, 11) is -0.506. The quantitative estimate of drug-likeness (QED) is 0.182. The molecule has 5 N–H and O–H groups in total. The summed E-state index contributed by atoms with van der Waals surface area (Å²) in [6, 6.07) is 10.4. The minimum atomic E-state index is -4.03. The maximum absolute atomic E-state index is 13.9. The molecule has 0 saturated carbocycles. The van der Waals surface area contributed by atoms with Crippen LogP contribution in [0.25, 0.3) is 10.9 Å². The first-order valence-corrected chi connectivity index (χ1v) is 15.4. The van der Waals surface area contributed by atoms with E-state index < -0.39 is 46.9 Å². The maximum atomic E-state index is 13.9. The molecule has 2 aromatic carbocycles. The number of carbonyl (C=O) groups excluding carboxylic acids is 1. The number of aliphatic hydroxyl groups excluding tert-OH is 2. The van der Waals surface area contributed by atoms with E-state index in [1.807, 2.05) is 12.1 Å². The summed E-state index contributed by atoms with van der Waals surface area (Å²) in [6.07, 6.45) is -2.44. The van der Waals surface area contributed by atoms with Crippen molar-refractivity contribution in [2.75, 3.05) is 52.4 Å². The van der Waals surface area contributed by atoms with E-state index in [-0.39, 0.29) is 15.4 Å². The number of piperazine rings is 1. The van der Waals surface area contributed by atoms with Gasteiger partial charge in [-0.05, 0) is 63.4 Å². The summed E-state index contributed by atoms with van der Waals surface area (Å²) in [4.78, 5) is 19.9. The molecule has 1 saturated heterocycles. The van der Waals surface area contributed by atoms with Gasteiger partial charge in [0, 0.05) is 43.3 Å². The molecule has 1 aliphatic rings. The van der Waals surface area contributed by atoms with Gasteiger partial charge in [0.25, 0.3) is 5.91 Å². The molecule has 0 bridgehead atoms. The largest absolute Gasteiger partial charge is 0.497 e. The third-order valence-corrected chi connectivity index (χ3v) is 9.27. The number of likely N-dealkylation sites (N-methyl/N-ethyl adjacent to an activating group) is 1. The molecule has 2 heterocycles. The van der Waals surface area contributed by atoms with Crippen LogP contribution in [0.2, 0.25) is 0 Å². The topological polar surface area (TPSA) is 174 Å². The highest BCUT2D eigenvalue weighted by molar-refractivity contribution is 7.91. The molecule has 3 unspecified atom stereocenters. The fraction of sp³-hybridized carbons (Fsp3) is 0.448. The summed E-state index contributed by atoms with van der Waals surface area (Å²) in [5, 5.41) is 33.2. The molecule has 1 aromatic heterocycles. The predicted molar refractivity (Wildman–Crippen MR) is 159 cm³/mol. The van der Waals surface area contributed by atoms with Gasteiger partial charge in [-0.2, -0.15) is 0 Å². The Balaban J connectivity index is 1.71. The third kappa shape index (κ3) is 7.59. The van der Waals surface area contributed by atoms with Crippen molar-refractivity contribution < 1.29 is 38.0 Å². The highest BCUT2D eigenvalue weighted by Crippen LogP contribution is 2.34. The molecular formula is C29H39N5O8S. The number of amides is 1. The van der Waals surface area contributed by atoms with E-state index >= 15 is 0 Å². The second kappa shape index (κ2) is 13.9. The number of hydrogen-bond donors (Lipinski definition) is 5. The maximum Gasteiger partial charge on any atom is 0.251 e. The Morgan fingerprint density at radius 1 is 1.07 bits per heavy atom. The molecule has 1 fully saturated rings. The number of ether oxygens (including phenoxy) is 2. The summed E-state index contributed by atoms with van der Waals surface area (Å²) >= 11 is 0. The second-order valence-corrected chi connectivity index (χ2v) is 12.5. The van der Waals surface area contributed by atoms with Gasteiger partial charge >= 0.3 is 0 Å². The SMILES string of the molecule is COc1ccc(S(=O)(=O)c2cnc3ccc(C(=O)NC(C)C(C)OC(CO)C(O)O)cc3c2NN2CCN(C)CC2)cc1. The van der Waals surface area contributed by atoms with Gasteiger partial charge in [0.15, 0.2) is 6.29 Å². The summed E-state index contributed by atoms with van der Waals surface area (Å²) in [5.74, 6) is 0.0688. The molecule has 43 heavy (non-hydrogen) atoms. The minimum Gasteiger partial charge on any atom is -0.497 e. The smallest absolute Gasteiger partial charge is 0.251 e. The molecule has 234 valence electrons. The van der Waals surface area contributed by atoms with Crippen LogP contribution in [-0.2, 0) is 14.6 Å². The number of nitrogens with zero attached hydrogens (tertiary/aromatic N) is 3. The molecule has 1 amide bonds. The van der Waals surface area contributed by atoms with Gasteiger partial charge in [0.2, 0.25) is 9.84 Å². The summed E-state index contributed by atoms with van der Waals surface area (Å²) in [5.41, 5.74) is 4.38. The number of sulfone groups is 1. The van der Waals surface area contributed by atoms with Crippen LogP contribution in [-0.4, -0.2) is 116 Å². The molecule has 1 aliphatic heterocycles. The lowest BCUT2D eigenvalue weighted by molar-refractivity contribution is -0.176. The number of benzene rings is 2. The van der Waals surface area contributed by atoms with Crippen molar-refractivity contribution in [1.29, 1.82) is 0 Å². The van der Waals surface area contributed by atoms with Gasteiger partial charge in [-0.3, -0.25) is 9.78 Å². The van der Waals surface area contributed by atoms with Crippen LogP contribution in [0.15, 0.2) is 58.5 Å². The number of hydrogen-bond acceptors (Lipinski definition) is 12. The van der Waals surface area contributed by atoms with Crippen molar-refractivity contribution in [3.8, 4) is 5.75 Å². The standard InChI is InChI=1S/C29H39N5O8S/c1-18(19(2)42-25(17-35)29(37)38)31-28(36)20-5-10-24-23(15-20)27(32-34-13-11-33(3)12-14-34)26(16-30-24)43(39,40)22-8-6-21(41-4)7-9-22/h5-10,15-16,18-19,25,29,35,37-38H,11-14,17H2,1-4H3,(H,30,32)(H,31,36). The van der Waals surface area contributed by atoms with E-state index in [1.165, 1.54) is 25.4 Å². The Bertz CT molecular complexity index is 1510. The molecular weight excluding hydrogens is 578 g/mol. The van der Waals surface area contributed by atoms with Crippen LogP contribution in [0.3, 0.4) is 0 Å². The molecule has 3 atom stereocenters. The van der Waals surface area contributed by atoms with E-state index in [9.17, 15) is 28.5 Å². The number of rotatable bonds is 12. The number of carbonyl (C=O) groups is 1. The van der Waals surface area contributed by atoms with E-state index in [2.05, 4.69) is 20.6 Å². The monoisotopic (exact) mass is 617 g/mol. The van der Waals surface area contributed by atoms with Gasteiger partial charge in [-0.1, -0.05) is 0 Å². The minimum absolute atomic E-state index is 0.0327. The van der Waals surface area contributed by atoms with Crippen molar-refractivity contribution >= 4 is 32.3 Å². The van der Waals surface area contributed by atoms with Crippen molar-refractivity contribution in [1.82, 2.24) is 20.2 Å². The molecule has 3 aromatic rings. The van der Waals surface area contributed by atoms with E-state index in [0.29, 0.717) is 35.4 Å². The molecule has 0 spiro atoms. The first-order chi connectivity index (χ1) is 20.4. The zero-order chi connectivity index (χ0) is 31.3. The molecule has 13 nitrogen and oxygen atoms in total. The van der Waals surface area contributed by atoms with E-state index in [1.54, 1.807) is 44.2 Å². The Morgan fingerprint density at radius 2 is 1.74 bits per heavy atom. The number of aromatic nitrogens is 1. The van der Waals surface area contributed by atoms with Crippen molar-refractivity contribution in [2.24, 2.45) is 0 Å². The lowest BCUT2D eigenvalue weighted by atomic mass is 10.1. The van der Waals surface area contributed by atoms with Crippen molar-refractivity contribution in [3.05, 3.63) is 54.2 Å². The van der Waals surface area contributed by atoms with Crippen LogP contribution in [0, 0.1) is 0 Å². The predicted octanol–water partition coefficient (Wildman–Crippen LogP) is 0.846. The number of hydrazine groups is 1. The molecule has 4 rings (SSSR count). The Kier molecular flexibility index (Phi) is 10.6. The Hall–Kier alpha value is -3.37. The zero-order valence-electron chi connectivity index (χ0n) is 24.6. The number of anilines is 1. The fourth-order valence-electron chi connectivity index (χ4n) is 4.60. The third-order valence-electron chi connectivity index (χ3n) is 7.49. The first kappa shape index (κ1) is 32.5. The van der Waals surface area contributed by atoms with Crippen LogP contribution in [0.1, 0.15) is 24.2 Å². The number of aliphatic hydroxyl groups is 3. The van der Waals surface area contributed by atoms with Crippen LogP contribution in [0.4, 0.5) is 5.69 Å². The highest BCUT2D eigenvalue weighted by Gasteiger charge is 2.27.